The van der Waals surface area contributed by atoms with E-state index in [0.29, 0.717) is 0 Å². The molecule has 0 radical (unpaired) electrons. The summed E-state index contributed by atoms with van der Waals surface area (Å²) in [5.41, 5.74) is 2.46. The minimum atomic E-state index is 0.122. The molecule has 0 unspecified atom stereocenters. The Balaban J connectivity index is 1.93. The van der Waals surface area contributed by atoms with Crippen LogP contribution in [0.15, 0.2) is 41.3 Å². The molecule has 0 bridgehead atoms. The number of rotatable bonds is 5. The average molecular weight is 273 g/mol. The third kappa shape index (κ3) is 4.38. The van der Waals surface area contributed by atoms with Crippen LogP contribution in [0.3, 0.4) is 0 Å². The Kier molecular flexibility index (Phi) is 4.45. The van der Waals surface area contributed by atoms with Crippen LogP contribution in [0, 0.1) is 0 Å². The fourth-order valence-corrected chi connectivity index (χ4v) is 1.85. The minimum absolute atomic E-state index is 0.122. The molecule has 1 N–H and O–H groups in total. The Morgan fingerprint density at radius 2 is 2.00 bits per heavy atom. The van der Waals surface area contributed by atoms with Crippen LogP contribution in [0.4, 0.5) is 5.82 Å². The molecule has 0 aliphatic rings. The van der Waals surface area contributed by atoms with Crippen LogP contribution in [0.5, 0.6) is 0 Å². The number of aromatic nitrogens is 1. The maximum Gasteiger partial charge on any atom is 0.128 e. The summed E-state index contributed by atoms with van der Waals surface area (Å²) in [5, 5.41) is 3.46. The first kappa shape index (κ1) is 14.6. The van der Waals surface area contributed by atoms with Gasteiger partial charge in [0.1, 0.15) is 5.82 Å². The Morgan fingerprint density at radius 1 is 1.20 bits per heavy atom. The zero-order valence-corrected chi connectivity index (χ0v) is 12.7. The second kappa shape index (κ2) is 6.09. The molecule has 2 heterocycles. The highest BCUT2D eigenvalue weighted by Gasteiger charge is 2.09. The van der Waals surface area contributed by atoms with E-state index in [1.165, 1.54) is 5.56 Å². The van der Waals surface area contributed by atoms with Crippen LogP contribution in [-0.4, -0.2) is 17.6 Å². The van der Waals surface area contributed by atoms with Gasteiger partial charge in [-0.2, -0.15) is 0 Å². The van der Waals surface area contributed by atoms with E-state index < -0.39 is 0 Å². The van der Waals surface area contributed by atoms with Crippen LogP contribution in [0.2, 0.25) is 0 Å². The molecule has 0 saturated heterocycles. The number of furan rings is 1. The largest absolute Gasteiger partial charge is 0.472 e. The lowest BCUT2D eigenvalue weighted by atomic mass is 10.1. The van der Waals surface area contributed by atoms with Crippen LogP contribution in [0.1, 0.15) is 31.9 Å². The molecule has 2 aromatic rings. The molecule has 20 heavy (non-hydrogen) atoms. The Morgan fingerprint density at radius 3 is 2.55 bits per heavy atom. The number of hydrogen-bond acceptors (Lipinski definition) is 4. The van der Waals surface area contributed by atoms with E-state index >= 15 is 0 Å². The smallest absolute Gasteiger partial charge is 0.128 e. The number of hydrogen-bond donors (Lipinski definition) is 1. The Bertz CT molecular complexity index is 512. The van der Waals surface area contributed by atoms with Gasteiger partial charge in [-0.3, -0.25) is 0 Å². The van der Waals surface area contributed by atoms with Gasteiger partial charge in [-0.05, 0) is 38.5 Å². The summed E-state index contributed by atoms with van der Waals surface area (Å²) < 4.78 is 5.08. The molecule has 2 rings (SSSR count). The molecule has 0 saturated carbocycles. The fourth-order valence-electron chi connectivity index (χ4n) is 1.85. The van der Waals surface area contributed by atoms with Gasteiger partial charge in [0.05, 0.1) is 12.5 Å². The molecule has 0 fully saturated rings. The first-order chi connectivity index (χ1) is 9.44. The molecule has 0 spiro atoms. The first-order valence-corrected chi connectivity index (χ1v) is 6.86. The van der Waals surface area contributed by atoms with Crippen molar-refractivity contribution in [1.82, 2.24) is 10.3 Å². The lowest BCUT2D eigenvalue weighted by molar-refractivity contribution is 0.424. The van der Waals surface area contributed by atoms with Crippen LogP contribution < -0.4 is 10.2 Å². The lowest BCUT2D eigenvalue weighted by Crippen LogP contribution is -2.35. The normalized spacial score (nSPS) is 11.6. The highest BCUT2D eigenvalue weighted by atomic mass is 16.3. The summed E-state index contributed by atoms with van der Waals surface area (Å²) in [5.74, 6) is 0.964. The van der Waals surface area contributed by atoms with Crippen molar-refractivity contribution in [2.24, 2.45) is 0 Å². The second-order valence-corrected chi connectivity index (χ2v) is 6.12. The van der Waals surface area contributed by atoms with Crippen molar-refractivity contribution in [3.63, 3.8) is 0 Å². The van der Waals surface area contributed by atoms with Crippen LogP contribution in [-0.2, 0) is 13.1 Å². The second-order valence-electron chi connectivity index (χ2n) is 6.12. The summed E-state index contributed by atoms with van der Waals surface area (Å²) in [6.45, 7) is 8.11. The molecule has 0 amide bonds. The molecular weight excluding hydrogens is 250 g/mol. The molecule has 4 nitrogen and oxygen atoms in total. The van der Waals surface area contributed by atoms with Crippen LogP contribution >= 0.6 is 0 Å². The van der Waals surface area contributed by atoms with Gasteiger partial charge in [-0.1, -0.05) is 6.07 Å². The van der Waals surface area contributed by atoms with Gasteiger partial charge in [-0.15, -0.1) is 0 Å². The van der Waals surface area contributed by atoms with E-state index in [1.807, 2.05) is 19.3 Å². The van der Waals surface area contributed by atoms with Gasteiger partial charge in [-0.25, -0.2) is 4.98 Å². The fraction of sp³-hybridized carbons (Fsp3) is 0.438. The summed E-state index contributed by atoms with van der Waals surface area (Å²) in [7, 11) is 2.03. The van der Waals surface area contributed by atoms with Crippen molar-refractivity contribution in [2.75, 3.05) is 11.9 Å². The number of pyridine rings is 1. The standard InChI is InChI=1S/C16H23N3O/c1-16(2,3)18-10-13-5-6-15(17-9-13)19(4)11-14-7-8-20-12-14/h5-9,12,18H,10-11H2,1-4H3. The van der Waals surface area contributed by atoms with Crippen molar-refractivity contribution in [1.29, 1.82) is 0 Å². The molecule has 4 heteroatoms. The molecule has 0 aliphatic carbocycles. The van der Waals surface area contributed by atoms with Crippen molar-refractivity contribution in [3.8, 4) is 0 Å². The zero-order chi connectivity index (χ0) is 14.6. The monoisotopic (exact) mass is 273 g/mol. The molecule has 0 aromatic carbocycles. The predicted octanol–water partition coefficient (Wildman–Crippen LogP) is 3.20. The van der Waals surface area contributed by atoms with Crippen molar-refractivity contribution in [2.45, 2.75) is 39.4 Å². The zero-order valence-electron chi connectivity index (χ0n) is 12.7. The van der Waals surface area contributed by atoms with Gasteiger partial charge < -0.3 is 14.6 Å². The Labute approximate surface area is 120 Å². The van der Waals surface area contributed by atoms with E-state index in [1.54, 1.807) is 12.5 Å². The van der Waals surface area contributed by atoms with Gasteiger partial charge in [0.2, 0.25) is 0 Å². The van der Waals surface area contributed by atoms with Crippen molar-refractivity contribution >= 4 is 5.82 Å². The maximum absolute atomic E-state index is 5.08. The number of nitrogens with one attached hydrogen (secondary N) is 1. The minimum Gasteiger partial charge on any atom is -0.472 e. The predicted molar refractivity (Wildman–Crippen MR) is 81.6 cm³/mol. The lowest BCUT2D eigenvalue weighted by Gasteiger charge is -2.21. The average Bonchev–Trinajstić information content (AvgIpc) is 2.89. The third-order valence-corrected chi connectivity index (χ3v) is 3.02. The number of nitrogens with zero attached hydrogens (tertiary/aromatic N) is 2. The third-order valence-electron chi connectivity index (χ3n) is 3.02. The first-order valence-electron chi connectivity index (χ1n) is 6.86. The van der Waals surface area contributed by atoms with Crippen LogP contribution in [0.25, 0.3) is 0 Å². The summed E-state index contributed by atoms with van der Waals surface area (Å²) in [6, 6.07) is 6.14. The molecular formula is C16H23N3O. The van der Waals surface area contributed by atoms with E-state index in [2.05, 4.69) is 48.1 Å². The number of anilines is 1. The van der Waals surface area contributed by atoms with Gasteiger partial charge in [0.15, 0.2) is 0 Å². The summed E-state index contributed by atoms with van der Waals surface area (Å²) in [4.78, 5) is 6.62. The molecule has 2 aromatic heterocycles. The van der Waals surface area contributed by atoms with E-state index in [0.717, 1.165) is 24.5 Å². The van der Waals surface area contributed by atoms with Gasteiger partial charge in [0, 0.05) is 37.4 Å². The molecule has 0 aliphatic heterocycles. The molecule has 0 atom stereocenters. The SMILES string of the molecule is CN(Cc1ccoc1)c1ccc(CNC(C)(C)C)cn1. The summed E-state index contributed by atoms with van der Waals surface area (Å²) in [6.07, 6.45) is 5.38. The van der Waals surface area contributed by atoms with Gasteiger partial charge >= 0.3 is 0 Å². The highest BCUT2D eigenvalue weighted by molar-refractivity contribution is 5.39. The van der Waals surface area contributed by atoms with Crippen molar-refractivity contribution < 1.29 is 4.42 Å². The van der Waals surface area contributed by atoms with E-state index in [4.69, 9.17) is 4.42 Å². The maximum atomic E-state index is 5.08. The van der Waals surface area contributed by atoms with Crippen molar-refractivity contribution in [3.05, 3.63) is 48.0 Å². The highest BCUT2D eigenvalue weighted by Crippen LogP contribution is 2.14. The Hall–Kier alpha value is -1.81. The van der Waals surface area contributed by atoms with E-state index in [9.17, 15) is 0 Å². The van der Waals surface area contributed by atoms with Gasteiger partial charge in [0.25, 0.3) is 0 Å². The topological polar surface area (TPSA) is 41.3 Å². The molecule has 108 valence electrons. The quantitative estimate of drug-likeness (QED) is 0.908. The van der Waals surface area contributed by atoms with E-state index in [-0.39, 0.29) is 5.54 Å². The summed E-state index contributed by atoms with van der Waals surface area (Å²) >= 11 is 0.